The molecule has 2 N–H and O–H groups in total. The Labute approximate surface area is 82.1 Å². The average Bonchev–Trinajstić information content (AvgIpc) is 2.52. The summed E-state index contributed by atoms with van der Waals surface area (Å²) in [6.45, 7) is 5.16. The average molecular weight is 198 g/mol. The summed E-state index contributed by atoms with van der Waals surface area (Å²) in [6.07, 6.45) is 0.398. The van der Waals surface area contributed by atoms with Crippen LogP contribution in [0.1, 0.15) is 19.2 Å². The van der Waals surface area contributed by atoms with Crippen molar-refractivity contribution in [2.24, 2.45) is 0 Å². The fourth-order valence-electron chi connectivity index (χ4n) is 0.908. The van der Waals surface area contributed by atoms with Gasteiger partial charge in [0.2, 0.25) is 11.8 Å². The first-order valence-electron chi connectivity index (χ1n) is 4.53. The van der Waals surface area contributed by atoms with Gasteiger partial charge < -0.3 is 9.73 Å². The Bertz CT molecular complexity index is 297. The molecule has 0 saturated carbocycles. The van der Waals surface area contributed by atoms with E-state index in [1.54, 1.807) is 6.92 Å². The summed E-state index contributed by atoms with van der Waals surface area (Å²) in [5.74, 6) is 0.307. The van der Waals surface area contributed by atoms with E-state index in [1.807, 2.05) is 6.92 Å². The molecule has 14 heavy (non-hydrogen) atoms. The van der Waals surface area contributed by atoms with Gasteiger partial charge in [-0.15, -0.1) is 5.10 Å². The molecule has 1 rings (SSSR count). The molecular formula is C8H14N4O2. The normalized spacial score (nSPS) is 10.1. The second-order valence-electron chi connectivity index (χ2n) is 2.78. The molecule has 0 aromatic carbocycles. The first-order chi connectivity index (χ1) is 6.72. The molecule has 1 heterocycles. The minimum Gasteiger partial charge on any atom is -0.408 e. The van der Waals surface area contributed by atoms with Crippen LogP contribution >= 0.6 is 0 Å². The SMILES string of the molecule is CCNCCC(=O)Nc1nnc(C)o1. The highest BCUT2D eigenvalue weighted by molar-refractivity contribution is 5.88. The predicted molar refractivity (Wildman–Crippen MR) is 50.8 cm³/mol. The van der Waals surface area contributed by atoms with Crippen LogP contribution in [-0.2, 0) is 4.79 Å². The van der Waals surface area contributed by atoms with Gasteiger partial charge in [-0.1, -0.05) is 12.0 Å². The third kappa shape index (κ3) is 3.53. The van der Waals surface area contributed by atoms with Gasteiger partial charge in [-0.2, -0.15) is 0 Å². The lowest BCUT2D eigenvalue weighted by atomic mass is 10.4. The molecule has 1 aromatic heterocycles. The van der Waals surface area contributed by atoms with Gasteiger partial charge >= 0.3 is 6.01 Å². The van der Waals surface area contributed by atoms with Crippen LogP contribution in [0.3, 0.4) is 0 Å². The first-order valence-corrected chi connectivity index (χ1v) is 4.53. The Morgan fingerprint density at radius 1 is 1.50 bits per heavy atom. The molecular weight excluding hydrogens is 184 g/mol. The zero-order valence-electron chi connectivity index (χ0n) is 8.33. The number of aryl methyl sites for hydroxylation is 1. The third-order valence-electron chi connectivity index (χ3n) is 1.55. The van der Waals surface area contributed by atoms with Crippen molar-refractivity contribution in [3.8, 4) is 0 Å². The highest BCUT2D eigenvalue weighted by atomic mass is 16.4. The summed E-state index contributed by atoms with van der Waals surface area (Å²) in [5, 5.41) is 12.8. The van der Waals surface area contributed by atoms with Gasteiger partial charge in [0, 0.05) is 19.9 Å². The molecule has 1 amide bonds. The molecule has 78 valence electrons. The maximum atomic E-state index is 11.2. The molecule has 0 unspecified atom stereocenters. The van der Waals surface area contributed by atoms with Gasteiger partial charge in [-0.3, -0.25) is 10.1 Å². The number of aromatic nitrogens is 2. The van der Waals surface area contributed by atoms with Crippen LogP contribution in [-0.4, -0.2) is 29.2 Å². The maximum absolute atomic E-state index is 11.2. The standard InChI is InChI=1S/C8H14N4O2/c1-3-9-5-4-7(13)10-8-12-11-6(2)14-8/h9H,3-5H2,1-2H3,(H,10,12,13). The summed E-state index contributed by atoms with van der Waals surface area (Å²) in [4.78, 5) is 11.2. The van der Waals surface area contributed by atoms with Crippen LogP contribution in [0, 0.1) is 6.92 Å². The van der Waals surface area contributed by atoms with Crippen molar-refractivity contribution >= 4 is 11.9 Å². The van der Waals surface area contributed by atoms with E-state index in [4.69, 9.17) is 4.42 Å². The Balaban J connectivity index is 2.27. The van der Waals surface area contributed by atoms with Crippen molar-refractivity contribution in [3.05, 3.63) is 5.89 Å². The third-order valence-corrected chi connectivity index (χ3v) is 1.55. The fourth-order valence-corrected chi connectivity index (χ4v) is 0.908. The number of anilines is 1. The number of nitrogens with zero attached hydrogens (tertiary/aromatic N) is 2. The van der Waals surface area contributed by atoms with E-state index < -0.39 is 0 Å². The van der Waals surface area contributed by atoms with E-state index in [0.29, 0.717) is 18.9 Å². The molecule has 0 aliphatic rings. The number of carbonyl (C=O) groups is 1. The van der Waals surface area contributed by atoms with E-state index in [0.717, 1.165) is 6.54 Å². The Morgan fingerprint density at radius 2 is 2.29 bits per heavy atom. The number of carbonyl (C=O) groups excluding carboxylic acids is 1. The van der Waals surface area contributed by atoms with Crippen LogP contribution < -0.4 is 10.6 Å². The molecule has 0 saturated heterocycles. The first kappa shape index (κ1) is 10.6. The number of hydrogen-bond donors (Lipinski definition) is 2. The molecule has 0 radical (unpaired) electrons. The van der Waals surface area contributed by atoms with E-state index in [1.165, 1.54) is 0 Å². The number of rotatable bonds is 5. The van der Waals surface area contributed by atoms with Gasteiger partial charge in [-0.25, -0.2) is 0 Å². The minimum atomic E-state index is -0.130. The van der Waals surface area contributed by atoms with Crippen LogP contribution in [0.5, 0.6) is 0 Å². The summed E-state index contributed by atoms with van der Waals surface area (Å²) < 4.78 is 4.99. The van der Waals surface area contributed by atoms with Gasteiger partial charge in [0.1, 0.15) is 0 Å². The van der Waals surface area contributed by atoms with E-state index in [2.05, 4.69) is 20.8 Å². The van der Waals surface area contributed by atoms with E-state index >= 15 is 0 Å². The minimum absolute atomic E-state index is 0.130. The van der Waals surface area contributed by atoms with Gasteiger partial charge in [0.15, 0.2) is 0 Å². The van der Waals surface area contributed by atoms with Gasteiger partial charge in [0.05, 0.1) is 0 Å². The summed E-state index contributed by atoms with van der Waals surface area (Å²) in [7, 11) is 0. The lowest BCUT2D eigenvalue weighted by Gasteiger charge is -2.00. The molecule has 1 aromatic rings. The van der Waals surface area contributed by atoms with Gasteiger partial charge in [-0.05, 0) is 6.54 Å². The van der Waals surface area contributed by atoms with Gasteiger partial charge in [0.25, 0.3) is 0 Å². The second kappa shape index (κ2) is 5.33. The van der Waals surface area contributed by atoms with Crippen LogP contribution in [0.4, 0.5) is 6.01 Å². The van der Waals surface area contributed by atoms with E-state index in [9.17, 15) is 4.79 Å². The molecule has 6 heteroatoms. The summed E-state index contributed by atoms with van der Waals surface area (Å²) in [6, 6.07) is 0.156. The predicted octanol–water partition coefficient (Wildman–Crippen LogP) is 0.316. The Hall–Kier alpha value is -1.43. The number of nitrogens with one attached hydrogen (secondary N) is 2. The molecule has 0 fully saturated rings. The lowest BCUT2D eigenvalue weighted by molar-refractivity contribution is -0.116. The van der Waals surface area contributed by atoms with Crippen molar-refractivity contribution in [1.82, 2.24) is 15.5 Å². The quantitative estimate of drug-likeness (QED) is 0.666. The zero-order chi connectivity index (χ0) is 10.4. The molecule has 0 aliphatic heterocycles. The largest absolute Gasteiger partial charge is 0.408 e. The smallest absolute Gasteiger partial charge is 0.322 e. The van der Waals surface area contributed by atoms with Crippen molar-refractivity contribution in [3.63, 3.8) is 0 Å². The van der Waals surface area contributed by atoms with Crippen molar-refractivity contribution in [2.45, 2.75) is 20.3 Å². The zero-order valence-corrected chi connectivity index (χ0v) is 8.33. The highest BCUT2D eigenvalue weighted by Gasteiger charge is 2.06. The van der Waals surface area contributed by atoms with Crippen LogP contribution in [0.25, 0.3) is 0 Å². The van der Waals surface area contributed by atoms with Crippen molar-refractivity contribution in [1.29, 1.82) is 0 Å². The summed E-state index contributed by atoms with van der Waals surface area (Å²) in [5.41, 5.74) is 0. The summed E-state index contributed by atoms with van der Waals surface area (Å²) >= 11 is 0. The van der Waals surface area contributed by atoms with Crippen LogP contribution in [0.15, 0.2) is 4.42 Å². The topological polar surface area (TPSA) is 80.0 Å². The Kier molecular flexibility index (Phi) is 4.06. The highest BCUT2D eigenvalue weighted by Crippen LogP contribution is 2.03. The lowest BCUT2D eigenvalue weighted by Crippen LogP contribution is -2.21. The second-order valence-corrected chi connectivity index (χ2v) is 2.78. The monoisotopic (exact) mass is 198 g/mol. The van der Waals surface area contributed by atoms with E-state index in [-0.39, 0.29) is 11.9 Å². The molecule has 0 spiro atoms. The van der Waals surface area contributed by atoms with Crippen molar-refractivity contribution in [2.75, 3.05) is 18.4 Å². The maximum Gasteiger partial charge on any atom is 0.322 e. The molecule has 6 nitrogen and oxygen atoms in total. The molecule has 0 atom stereocenters. The number of amides is 1. The molecule has 0 bridgehead atoms. The Morgan fingerprint density at radius 3 is 2.86 bits per heavy atom. The fraction of sp³-hybridized carbons (Fsp3) is 0.625. The number of hydrogen-bond acceptors (Lipinski definition) is 5. The van der Waals surface area contributed by atoms with Crippen molar-refractivity contribution < 1.29 is 9.21 Å². The molecule has 0 aliphatic carbocycles. The van der Waals surface area contributed by atoms with Crippen LogP contribution in [0.2, 0.25) is 0 Å².